The van der Waals surface area contributed by atoms with Crippen LogP contribution >= 0.6 is 22.7 Å². The summed E-state index contributed by atoms with van der Waals surface area (Å²) in [4.78, 5) is 2.46. The van der Waals surface area contributed by atoms with Crippen molar-refractivity contribution in [2.75, 3.05) is 0 Å². The molecule has 4 heterocycles. The normalized spacial score (nSPS) is 11.8. The number of benzene rings is 5. The maximum absolute atomic E-state index is 6.11. The summed E-state index contributed by atoms with van der Waals surface area (Å²) in [5.74, 6) is 5.98. The van der Waals surface area contributed by atoms with Crippen LogP contribution in [0.5, 0.6) is 0 Å². The number of thiophene rings is 2. The van der Waals surface area contributed by atoms with Gasteiger partial charge in [0.15, 0.2) is 0 Å². The largest absolute Gasteiger partial charge is 0.328 e. The average molecular weight is 597 g/mol. The average Bonchev–Trinajstić information content (AvgIpc) is 3.83. The lowest BCUT2D eigenvalue weighted by atomic mass is 9.94. The molecule has 206 valence electrons. The van der Waals surface area contributed by atoms with Crippen LogP contribution in [-0.2, 0) is 13.1 Å². The number of nitrogens with zero attached hydrogens (tertiary/aromatic N) is 2. The van der Waals surface area contributed by atoms with E-state index in [1.165, 1.54) is 73.6 Å². The lowest BCUT2D eigenvalue weighted by molar-refractivity contribution is 0.922. The van der Waals surface area contributed by atoms with Gasteiger partial charge in [-0.05, 0) is 47.2 Å². The molecule has 2 nitrogen and oxygen atoms in total. The summed E-state index contributed by atoms with van der Waals surface area (Å²) in [6.45, 7) is 0.949. The minimum atomic E-state index is 0.474. The Morgan fingerprint density at radius 1 is 0.523 bits per heavy atom. The zero-order chi connectivity index (χ0) is 29.4. The predicted octanol–water partition coefficient (Wildman–Crippen LogP) is 10.9. The van der Waals surface area contributed by atoms with E-state index in [9.17, 15) is 0 Å². The molecule has 4 aromatic heterocycles. The molecule has 9 aromatic rings. The van der Waals surface area contributed by atoms with Crippen molar-refractivity contribution >= 4 is 86.5 Å². The summed E-state index contributed by atoms with van der Waals surface area (Å²) >= 11 is 3.68. The number of hydrogen-bond acceptors (Lipinski definition) is 2. The van der Waals surface area contributed by atoms with E-state index >= 15 is 0 Å². The molecule has 0 spiro atoms. The Kier molecular flexibility index (Phi) is 5.53. The predicted molar refractivity (Wildman–Crippen MR) is 192 cm³/mol. The molecular formula is C40H24N2S2. The van der Waals surface area contributed by atoms with Crippen molar-refractivity contribution in [1.82, 2.24) is 9.13 Å². The van der Waals surface area contributed by atoms with Crippen LogP contribution in [0.4, 0.5) is 0 Å². The number of terminal acetylenes is 2. The molecule has 0 saturated carbocycles. The van der Waals surface area contributed by atoms with E-state index in [2.05, 4.69) is 130 Å². The van der Waals surface area contributed by atoms with Crippen molar-refractivity contribution in [3.8, 4) is 45.6 Å². The molecule has 0 unspecified atom stereocenters. The summed E-state index contributed by atoms with van der Waals surface area (Å²) in [6, 6.07) is 39.4. The van der Waals surface area contributed by atoms with Gasteiger partial charge in [-0.1, -0.05) is 84.6 Å². The second-order valence-electron chi connectivity index (χ2n) is 11.1. The molecule has 0 fully saturated rings. The summed E-state index contributed by atoms with van der Waals surface area (Å²) in [6.07, 6.45) is 12.2. The Morgan fingerprint density at radius 2 is 0.932 bits per heavy atom. The molecule has 5 aromatic carbocycles. The van der Waals surface area contributed by atoms with Crippen LogP contribution in [0, 0.1) is 24.7 Å². The molecule has 0 saturated heterocycles. The van der Waals surface area contributed by atoms with Gasteiger partial charge < -0.3 is 9.13 Å². The van der Waals surface area contributed by atoms with Crippen LogP contribution in [0.2, 0.25) is 0 Å². The van der Waals surface area contributed by atoms with E-state index in [1.807, 2.05) is 22.7 Å². The third-order valence-electron chi connectivity index (χ3n) is 8.76. The Bertz CT molecular complexity index is 2440. The summed E-state index contributed by atoms with van der Waals surface area (Å²) in [5, 5.41) is 7.34. The Morgan fingerprint density at radius 3 is 1.36 bits per heavy atom. The fourth-order valence-electron chi connectivity index (χ4n) is 7.07. The summed E-state index contributed by atoms with van der Waals surface area (Å²) in [7, 11) is 0. The van der Waals surface area contributed by atoms with Crippen molar-refractivity contribution < 1.29 is 0 Å². The minimum Gasteiger partial charge on any atom is -0.328 e. The first kappa shape index (κ1) is 25.3. The molecule has 0 aliphatic rings. The fraction of sp³-hybridized carbons (Fsp3) is 0.0500. The lowest BCUT2D eigenvalue weighted by Gasteiger charge is -2.15. The van der Waals surface area contributed by atoms with Crippen LogP contribution in [0.3, 0.4) is 0 Å². The van der Waals surface area contributed by atoms with Gasteiger partial charge in [-0.15, -0.1) is 35.5 Å². The molecule has 0 aliphatic carbocycles. The Labute approximate surface area is 262 Å². The number of hydrogen-bond donors (Lipinski definition) is 0. The lowest BCUT2D eigenvalue weighted by Crippen LogP contribution is -1.99. The molecule has 44 heavy (non-hydrogen) atoms. The van der Waals surface area contributed by atoms with Crippen LogP contribution in [0.15, 0.2) is 109 Å². The van der Waals surface area contributed by atoms with Gasteiger partial charge in [-0.3, -0.25) is 0 Å². The first-order valence-corrected chi connectivity index (χ1v) is 16.2. The molecule has 0 amide bonds. The van der Waals surface area contributed by atoms with Crippen molar-refractivity contribution in [1.29, 1.82) is 0 Å². The molecule has 0 bridgehead atoms. The van der Waals surface area contributed by atoms with Crippen LogP contribution in [0.1, 0.15) is 0 Å². The summed E-state index contributed by atoms with van der Waals surface area (Å²) in [5.41, 5.74) is 7.09. The maximum atomic E-state index is 6.11. The number of aromatic nitrogens is 2. The highest BCUT2D eigenvalue weighted by Crippen LogP contribution is 2.53. The quantitative estimate of drug-likeness (QED) is 0.179. The molecule has 4 heteroatoms. The van der Waals surface area contributed by atoms with Crippen LogP contribution in [-0.4, -0.2) is 9.13 Å². The van der Waals surface area contributed by atoms with Gasteiger partial charge in [0.05, 0.1) is 35.2 Å². The van der Waals surface area contributed by atoms with Crippen molar-refractivity contribution in [2.45, 2.75) is 13.1 Å². The standard InChI is InChI=1S/C40H24N2S2/c1-3-21-41-29-17-9-7-15-27(29)35-38(34-24-26-14-6-12-20-32(26)44-34)40-36(28-16-8-10-18-30(28)42(40)22-4-2)37(39(35)41)33-23-25-13-5-11-19-31(25)43-33/h1-2,5-20,23-24H,21-22H2. The van der Waals surface area contributed by atoms with Crippen molar-refractivity contribution in [3.63, 3.8) is 0 Å². The van der Waals surface area contributed by atoms with Crippen LogP contribution < -0.4 is 0 Å². The van der Waals surface area contributed by atoms with Gasteiger partial charge in [0.1, 0.15) is 0 Å². The van der Waals surface area contributed by atoms with Gasteiger partial charge >= 0.3 is 0 Å². The Hall–Kier alpha value is -5.26. The van der Waals surface area contributed by atoms with E-state index in [1.54, 1.807) is 0 Å². The number of fused-ring (bicyclic) bond motifs is 8. The Balaban J connectivity index is 1.63. The second-order valence-corrected chi connectivity index (χ2v) is 13.3. The molecule has 0 aliphatic heterocycles. The van der Waals surface area contributed by atoms with Gasteiger partial charge in [0, 0.05) is 51.8 Å². The second kappa shape index (κ2) is 9.63. The molecule has 9 rings (SSSR count). The third kappa shape index (κ3) is 3.44. The first-order valence-electron chi connectivity index (χ1n) is 14.6. The maximum Gasteiger partial charge on any atom is 0.0841 e. The van der Waals surface area contributed by atoms with Gasteiger partial charge in [0.2, 0.25) is 0 Å². The minimum absolute atomic E-state index is 0.474. The van der Waals surface area contributed by atoms with Gasteiger partial charge in [0.25, 0.3) is 0 Å². The summed E-state index contributed by atoms with van der Waals surface area (Å²) < 4.78 is 7.25. The fourth-order valence-corrected chi connectivity index (χ4v) is 9.30. The third-order valence-corrected chi connectivity index (χ3v) is 11.0. The van der Waals surface area contributed by atoms with E-state index < -0.39 is 0 Å². The highest BCUT2D eigenvalue weighted by Gasteiger charge is 2.28. The monoisotopic (exact) mass is 596 g/mol. The SMILES string of the molecule is C#CCn1c2ccccc2c2c(-c3cc4ccccc4s3)c3c(c(-c4cc5ccccc5s4)c21)c1ccccc1n3CC#C. The molecule has 0 N–H and O–H groups in total. The van der Waals surface area contributed by atoms with Gasteiger partial charge in [-0.25, -0.2) is 0 Å². The topological polar surface area (TPSA) is 9.86 Å². The van der Waals surface area contributed by atoms with Crippen LogP contribution in [0.25, 0.3) is 84.7 Å². The molecule has 0 radical (unpaired) electrons. The van der Waals surface area contributed by atoms with Crippen molar-refractivity contribution in [3.05, 3.63) is 109 Å². The zero-order valence-electron chi connectivity index (χ0n) is 23.7. The van der Waals surface area contributed by atoms with Crippen molar-refractivity contribution in [2.24, 2.45) is 0 Å². The molecule has 0 atom stereocenters. The van der Waals surface area contributed by atoms with E-state index in [4.69, 9.17) is 12.8 Å². The highest BCUT2D eigenvalue weighted by atomic mass is 32.1. The first-order chi connectivity index (χ1) is 21.8. The zero-order valence-corrected chi connectivity index (χ0v) is 25.3. The smallest absolute Gasteiger partial charge is 0.0841 e. The van der Waals surface area contributed by atoms with E-state index in [-0.39, 0.29) is 0 Å². The number of para-hydroxylation sites is 2. The van der Waals surface area contributed by atoms with Gasteiger partial charge in [-0.2, -0.15) is 0 Å². The van der Waals surface area contributed by atoms with E-state index in [0.717, 1.165) is 11.0 Å². The molecular weight excluding hydrogens is 573 g/mol. The number of rotatable bonds is 4. The highest BCUT2D eigenvalue weighted by molar-refractivity contribution is 7.23. The van der Waals surface area contributed by atoms with E-state index in [0.29, 0.717) is 13.1 Å².